The Bertz CT molecular complexity index is 710. The van der Waals surface area contributed by atoms with E-state index in [9.17, 15) is 0 Å². The van der Waals surface area contributed by atoms with E-state index in [0.717, 1.165) is 22.8 Å². The highest BCUT2D eigenvalue weighted by Gasteiger charge is 2.26. The van der Waals surface area contributed by atoms with E-state index in [1.165, 1.54) is 0 Å². The van der Waals surface area contributed by atoms with Crippen molar-refractivity contribution in [1.29, 1.82) is 0 Å². The molecule has 1 aliphatic heterocycles. The number of rotatable bonds is 1. The third-order valence-corrected chi connectivity index (χ3v) is 5.37. The number of hydrogen-bond donors (Lipinski definition) is 2. The molecule has 98 valence electrons. The highest BCUT2D eigenvalue weighted by Crippen LogP contribution is 2.45. The van der Waals surface area contributed by atoms with Gasteiger partial charge in [-0.25, -0.2) is 4.68 Å². The number of aryl methyl sites for hydroxylation is 1. The van der Waals surface area contributed by atoms with Gasteiger partial charge in [0.15, 0.2) is 0 Å². The zero-order valence-electron chi connectivity index (χ0n) is 9.95. The van der Waals surface area contributed by atoms with E-state index < -0.39 is 5.54 Å². The summed E-state index contributed by atoms with van der Waals surface area (Å²) >= 11 is 16.0. The van der Waals surface area contributed by atoms with Crippen molar-refractivity contribution in [3.05, 3.63) is 41.6 Å². The van der Waals surface area contributed by atoms with Crippen molar-refractivity contribution in [3.8, 4) is 5.69 Å². The summed E-state index contributed by atoms with van der Waals surface area (Å²) in [6, 6.07) is 9.84. The second-order valence-corrected chi connectivity index (χ2v) is 10.1. The van der Waals surface area contributed by atoms with Gasteiger partial charge in [0.25, 0.3) is 0 Å². The van der Waals surface area contributed by atoms with Gasteiger partial charge < -0.3 is 22.4 Å². The molecule has 19 heavy (non-hydrogen) atoms. The van der Waals surface area contributed by atoms with Crippen molar-refractivity contribution in [2.45, 2.75) is 6.92 Å². The number of benzene rings is 1. The fraction of sp³-hybridized carbons (Fsp3) is 0.0909. The first-order valence-corrected chi connectivity index (χ1v) is 9.77. The highest BCUT2D eigenvalue weighted by atomic mass is 32.9. The standard InChI is InChI=1S/C11H11N4PS3/c1-7-9-10(13-16(18,19)14-11(9)17)15(12-7)8-5-3-2-4-6-8/h2-6H,1H3,(H3,13,14,17,18,19)/p-1. The van der Waals surface area contributed by atoms with Gasteiger partial charge in [-0.15, -0.1) is 0 Å². The first-order valence-electron chi connectivity index (χ1n) is 5.55. The van der Waals surface area contributed by atoms with Gasteiger partial charge in [-0.1, -0.05) is 42.2 Å². The molecule has 2 N–H and O–H groups in total. The molecule has 2 aromatic rings. The number of para-hydroxylation sites is 1. The molecule has 1 aromatic carbocycles. The Kier molecular flexibility index (Phi) is 3.17. The Morgan fingerprint density at radius 1 is 1.26 bits per heavy atom. The summed E-state index contributed by atoms with van der Waals surface area (Å²) in [6.07, 6.45) is 0. The monoisotopic (exact) mass is 325 g/mol. The first kappa shape index (κ1) is 13.1. The van der Waals surface area contributed by atoms with Crippen LogP contribution in [0.25, 0.3) is 5.69 Å². The molecule has 4 nitrogen and oxygen atoms in total. The maximum absolute atomic E-state index is 5.35. The predicted molar refractivity (Wildman–Crippen MR) is 88.4 cm³/mol. The lowest BCUT2D eigenvalue weighted by Gasteiger charge is -2.37. The normalized spacial score (nSPS) is 21.5. The lowest BCUT2D eigenvalue weighted by Crippen LogP contribution is -2.28. The summed E-state index contributed by atoms with van der Waals surface area (Å²) in [6.45, 7) is 1.92. The molecular formula is C11H10N4PS3-. The molecule has 0 amide bonds. The van der Waals surface area contributed by atoms with E-state index >= 15 is 0 Å². The summed E-state index contributed by atoms with van der Waals surface area (Å²) in [4.78, 5) is 0.590. The molecule has 1 aliphatic rings. The van der Waals surface area contributed by atoms with Crippen LogP contribution < -0.4 is 10.2 Å². The molecule has 2 heterocycles. The number of fused-ring (bicyclic) bond motifs is 1. The molecule has 0 saturated carbocycles. The number of thiocarbonyl (C=S) groups is 1. The Balaban J connectivity index is 2.23. The van der Waals surface area contributed by atoms with Crippen LogP contribution in [0.1, 0.15) is 11.3 Å². The van der Waals surface area contributed by atoms with Crippen molar-refractivity contribution < 1.29 is 0 Å². The van der Waals surface area contributed by atoms with Crippen molar-refractivity contribution >= 4 is 52.6 Å². The minimum absolute atomic E-state index is 0.590. The molecule has 0 saturated heterocycles. The minimum Gasteiger partial charge on any atom is -0.705 e. The maximum atomic E-state index is 5.35. The SMILES string of the molecule is Cc1nn(-c2ccccc2)c2c1C(=S)NP(=S)([S-])N2. The first-order chi connectivity index (χ1) is 8.98. The average Bonchev–Trinajstić information content (AvgIpc) is 2.66. The molecule has 0 aliphatic carbocycles. The Morgan fingerprint density at radius 3 is 2.63 bits per heavy atom. The van der Waals surface area contributed by atoms with Gasteiger partial charge >= 0.3 is 0 Å². The van der Waals surface area contributed by atoms with E-state index in [2.05, 4.69) is 15.3 Å². The molecule has 0 radical (unpaired) electrons. The fourth-order valence-corrected chi connectivity index (χ4v) is 5.00. The Morgan fingerprint density at radius 2 is 1.95 bits per heavy atom. The van der Waals surface area contributed by atoms with E-state index in [4.69, 9.17) is 36.3 Å². The molecule has 1 unspecified atom stereocenters. The molecule has 1 aromatic heterocycles. The molecule has 0 bridgehead atoms. The van der Waals surface area contributed by atoms with E-state index in [0.29, 0.717) is 4.99 Å². The summed E-state index contributed by atoms with van der Waals surface area (Å²) in [5, 5.41) is 10.8. The molecule has 1 atom stereocenters. The second kappa shape index (κ2) is 4.59. The molecular weight excluding hydrogens is 315 g/mol. The van der Waals surface area contributed by atoms with Gasteiger partial charge in [-0.3, -0.25) is 0 Å². The largest absolute Gasteiger partial charge is 0.705 e. The van der Waals surface area contributed by atoms with Gasteiger partial charge in [-0.2, -0.15) is 5.10 Å². The lowest BCUT2D eigenvalue weighted by atomic mass is 10.2. The van der Waals surface area contributed by atoms with Gasteiger partial charge in [0.1, 0.15) is 10.8 Å². The molecule has 3 rings (SSSR count). The van der Waals surface area contributed by atoms with E-state index in [1.54, 1.807) is 0 Å². The van der Waals surface area contributed by atoms with Crippen LogP contribution in [0.2, 0.25) is 0 Å². The Labute approximate surface area is 126 Å². The minimum atomic E-state index is -2.29. The summed E-state index contributed by atoms with van der Waals surface area (Å²) in [5.74, 6) is 0.797. The second-order valence-electron chi connectivity index (χ2n) is 4.16. The number of aromatic nitrogens is 2. The number of hydrogen-bond acceptors (Lipinski definition) is 4. The van der Waals surface area contributed by atoms with Crippen molar-refractivity contribution in [3.63, 3.8) is 0 Å². The zero-order valence-corrected chi connectivity index (χ0v) is 13.3. The smallest absolute Gasteiger partial charge is 0.144 e. The summed E-state index contributed by atoms with van der Waals surface area (Å²) in [5.41, 5.74) is 0.392. The van der Waals surface area contributed by atoms with Crippen LogP contribution in [0.3, 0.4) is 0 Å². The third-order valence-electron chi connectivity index (χ3n) is 2.79. The van der Waals surface area contributed by atoms with Crippen LogP contribution in [0, 0.1) is 6.92 Å². The van der Waals surface area contributed by atoms with Crippen molar-refractivity contribution in [2.24, 2.45) is 0 Å². The summed E-state index contributed by atoms with van der Waals surface area (Å²) < 4.78 is 1.81. The predicted octanol–water partition coefficient (Wildman–Crippen LogP) is 2.64. The quantitative estimate of drug-likeness (QED) is 0.477. The highest BCUT2D eigenvalue weighted by molar-refractivity contribution is 8.55. The van der Waals surface area contributed by atoms with E-state index in [1.807, 2.05) is 41.9 Å². The number of nitrogens with one attached hydrogen (secondary N) is 2. The van der Waals surface area contributed by atoms with Crippen LogP contribution in [0.15, 0.2) is 30.3 Å². The van der Waals surface area contributed by atoms with Crippen molar-refractivity contribution in [1.82, 2.24) is 14.9 Å². The number of anilines is 1. The molecule has 8 heteroatoms. The van der Waals surface area contributed by atoms with Crippen molar-refractivity contribution in [2.75, 3.05) is 5.09 Å². The lowest BCUT2D eigenvalue weighted by molar-refractivity contribution is 0.872. The van der Waals surface area contributed by atoms with Gasteiger partial charge in [0.2, 0.25) is 0 Å². The summed E-state index contributed by atoms with van der Waals surface area (Å²) in [7, 11) is 0. The van der Waals surface area contributed by atoms with Gasteiger partial charge in [-0.05, 0) is 24.6 Å². The molecule has 0 spiro atoms. The van der Waals surface area contributed by atoms with Crippen LogP contribution in [-0.2, 0) is 24.1 Å². The van der Waals surface area contributed by atoms with E-state index in [-0.39, 0.29) is 0 Å². The van der Waals surface area contributed by atoms with Crippen LogP contribution in [0.5, 0.6) is 0 Å². The third kappa shape index (κ3) is 2.31. The fourth-order valence-electron chi connectivity index (χ4n) is 2.02. The van der Waals surface area contributed by atoms with Crippen LogP contribution in [-0.4, -0.2) is 14.8 Å². The van der Waals surface area contributed by atoms with Gasteiger partial charge in [0, 0.05) is 0 Å². The van der Waals surface area contributed by atoms with Crippen LogP contribution in [0.4, 0.5) is 5.82 Å². The maximum Gasteiger partial charge on any atom is 0.144 e. The topological polar surface area (TPSA) is 41.9 Å². The Hall–Kier alpha value is -0.880. The zero-order chi connectivity index (χ0) is 13.6. The number of nitrogens with zero attached hydrogens (tertiary/aromatic N) is 2. The van der Waals surface area contributed by atoms with Crippen LogP contribution >= 0.6 is 17.8 Å². The van der Waals surface area contributed by atoms with Gasteiger partial charge in [0.05, 0.1) is 16.9 Å². The molecule has 0 fully saturated rings. The average molecular weight is 325 g/mol.